The van der Waals surface area contributed by atoms with Gasteiger partial charge in [0.05, 0.1) is 0 Å². The summed E-state index contributed by atoms with van der Waals surface area (Å²) in [6.45, 7) is 7.00. The molecule has 0 amide bonds. The Labute approximate surface area is 109 Å². The second kappa shape index (κ2) is 4.25. The highest BCUT2D eigenvalue weighted by Gasteiger charge is 2.31. The summed E-state index contributed by atoms with van der Waals surface area (Å²) < 4.78 is 0. The molecule has 0 unspecified atom stereocenters. The molecule has 3 nitrogen and oxygen atoms in total. The van der Waals surface area contributed by atoms with Crippen molar-refractivity contribution in [3.63, 3.8) is 0 Å². The number of nitrogens with zero attached hydrogens (tertiary/aromatic N) is 2. The molecule has 1 aromatic carbocycles. The van der Waals surface area contributed by atoms with Gasteiger partial charge in [0.2, 0.25) is 0 Å². The molecule has 1 saturated heterocycles. The summed E-state index contributed by atoms with van der Waals surface area (Å²) >= 11 is 0. The van der Waals surface area contributed by atoms with E-state index < -0.39 is 0 Å². The molecule has 1 aliphatic carbocycles. The SMILES string of the molecule is c1cc2c(c(N3CCN(C4CC4)CC3)c1)CNC2. The van der Waals surface area contributed by atoms with Crippen molar-refractivity contribution in [2.24, 2.45) is 0 Å². The van der Waals surface area contributed by atoms with Crippen LogP contribution in [0.25, 0.3) is 0 Å². The van der Waals surface area contributed by atoms with Gasteiger partial charge in [-0.05, 0) is 30.0 Å². The first-order valence-electron chi connectivity index (χ1n) is 7.22. The van der Waals surface area contributed by atoms with Crippen LogP contribution in [-0.4, -0.2) is 37.1 Å². The Hall–Kier alpha value is -1.06. The molecule has 3 aliphatic rings. The van der Waals surface area contributed by atoms with Crippen LogP contribution in [0, 0.1) is 0 Å². The van der Waals surface area contributed by atoms with Crippen molar-refractivity contribution in [1.29, 1.82) is 0 Å². The van der Waals surface area contributed by atoms with Crippen molar-refractivity contribution in [1.82, 2.24) is 10.2 Å². The van der Waals surface area contributed by atoms with Crippen molar-refractivity contribution in [2.75, 3.05) is 31.1 Å². The van der Waals surface area contributed by atoms with Gasteiger partial charge in [0.25, 0.3) is 0 Å². The van der Waals surface area contributed by atoms with Crippen molar-refractivity contribution < 1.29 is 0 Å². The van der Waals surface area contributed by atoms with E-state index in [9.17, 15) is 0 Å². The Balaban J connectivity index is 1.52. The average Bonchev–Trinajstić information content (AvgIpc) is 3.16. The van der Waals surface area contributed by atoms with Gasteiger partial charge in [-0.15, -0.1) is 0 Å². The first kappa shape index (κ1) is 10.8. The minimum absolute atomic E-state index is 0.926. The van der Waals surface area contributed by atoms with Crippen LogP contribution in [0.1, 0.15) is 24.0 Å². The lowest BCUT2D eigenvalue weighted by atomic mass is 10.1. The average molecular weight is 243 g/mol. The van der Waals surface area contributed by atoms with Gasteiger partial charge < -0.3 is 10.2 Å². The Morgan fingerprint density at radius 3 is 2.61 bits per heavy atom. The molecule has 96 valence electrons. The molecule has 0 bridgehead atoms. The number of hydrogen-bond acceptors (Lipinski definition) is 3. The van der Waals surface area contributed by atoms with Crippen LogP contribution in [0.4, 0.5) is 5.69 Å². The van der Waals surface area contributed by atoms with Crippen LogP contribution in [0.3, 0.4) is 0 Å². The second-order valence-electron chi connectivity index (χ2n) is 5.77. The molecule has 1 saturated carbocycles. The van der Waals surface area contributed by atoms with Crippen LogP contribution < -0.4 is 10.2 Å². The van der Waals surface area contributed by atoms with Crippen LogP contribution in [0.15, 0.2) is 18.2 Å². The quantitative estimate of drug-likeness (QED) is 0.850. The third-order valence-electron chi connectivity index (χ3n) is 4.58. The summed E-state index contributed by atoms with van der Waals surface area (Å²) in [5.74, 6) is 0. The lowest BCUT2D eigenvalue weighted by Crippen LogP contribution is -2.47. The highest BCUT2D eigenvalue weighted by atomic mass is 15.3. The lowest BCUT2D eigenvalue weighted by molar-refractivity contribution is 0.248. The maximum Gasteiger partial charge on any atom is 0.0416 e. The maximum absolute atomic E-state index is 3.47. The fourth-order valence-electron chi connectivity index (χ4n) is 3.38. The summed E-state index contributed by atoms with van der Waals surface area (Å²) in [5.41, 5.74) is 4.52. The highest BCUT2D eigenvalue weighted by Crippen LogP contribution is 2.31. The largest absolute Gasteiger partial charge is 0.369 e. The van der Waals surface area contributed by atoms with E-state index in [-0.39, 0.29) is 0 Å². The Bertz CT molecular complexity index is 445. The van der Waals surface area contributed by atoms with Crippen molar-refractivity contribution in [3.8, 4) is 0 Å². The zero-order valence-electron chi connectivity index (χ0n) is 10.9. The third-order valence-corrected chi connectivity index (χ3v) is 4.58. The molecule has 0 aromatic heterocycles. The minimum Gasteiger partial charge on any atom is -0.369 e. The van der Waals surface area contributed by atoms with Gasteiger partial charge in [0, 0.05) is 51.0 Å². The molecular formula is C15H21N3. The minimum atomic E-state index is 0.926. The zero-order chi connectivity index (χ0) is 11.9. The van der Waals surface area contributed by atoms with Gasteiger partial charge >= 0.3 is 0 Å². The van der Waals surface area contributed by atoms with Gasteiger partial charge in [0.1, 0.15) is 0 Å². The molecule has 0 radical (unpaired) electrons. The first-order chi connectivity index (χ1) is 8.92. The number of benzene rings is 1. The number of hydrogen-bond donors (Lipinski definition) is 1. The molecule has 0 spiro atoms. The van der Waals surface area contributed by atoms with Crippen LogP contribution in [0.5, 0.6) is 0 Å². The lowest BCUT2D eigenvalue weighted by Gasteiger charge is -2.37. The van der Waals surface area contributed by atoms with E-state index in [1.807, 2.05) is 0 Å². The third kappa shape index (κ3) is 1.82. The van der Waals surface area contributed by atoms with Crippen molar-refractivity contribution in [3.05, 3.63) is 29.3 Å². The number of rotatable bonds is 2. The summed E-state index contributed by atoms with van der Waals surface area (Å²) in [6.07, 6.45) is 2.87. The highest BCUT2D eigenvalue weighted by molar-refractivity contribution is 5.58. The van der Waals surface area contributed by atoms with Gasteiger partial charge in [-0.25, -0.2) is 0 Å². The van der Waals surface area contributed by atoms with E-state index in [1.54, 1.807) is 0 Å². The number of fused-ring (bicyclic) bond motifs is 1. The second-order valence-corrected chi connectivity index (χ2v) is 5.77. The Kier molecular flexibility index (Phi) is 2.55. The fraction of sp³-hybridized carbons (Fsp3) is 0.600. The number of nitrogens with one attached hydrogen (secondary N) is 1. The Morgan fingerprint density at radius 2 is 1.83 bits per heavy atom. The van der Waals surface area contributed by atoms with Gasteiger partial charge in [-0.1, -0.05) is 12.1 Å². The van der Waals surface area contributed by atoms with E-state index in [4.69, 9.17) is 0 Å². The zero-order valence-corrected chi connectivity index (χ0v) is 10.9. The van der Waals surface area contributed by atoms with Crippen LogP contribution in [0.2, 0.25) is 0 Å². The fourth-order valence-corrected chi connectivity index (χ4v) is 3.38. The topological polar surface area (TPSA) is 18.5 Å². The molecule has 3 heteroatoms. The summed E-state index contributed by atoms with van der Waals surface area (Å²) in [7, 11) is 0. The summed E-state index contributed by atoms with van der Waals surface area (Å²) in [4.78, 5) is 5.27. The molecular weight excluding hydrogens is 222 g/mol. The van der Waals surface area contributed by atoms with E-state index in [1.165, 1.54) is 55.8 Å². The molecule has 18 heavy (non-hydrogen) atoms. The monoisotopic (exact) mass is 243 g/mol. The molecule has 1 aromatic rings. The molecule has 4 rings (SSSR count). The van der Waals surface area contributed by atoms with E-state index in [0.717, 1.165) is 19.1 Å². The van der Waals surface area contributed by atoms with E-state index in [2.05, 4.69) is 33.3 Å². The molecule has 2 aliphatic heterocycles. The van der Waals surface area contributed by atoms with Gasteiger partial charge in [0.15, 0.2) is 0 Å². The van der Waals surface area contributed by atoms with Crippen LogP contribution in [-0.2, 0) is 13.1 Å². The van der Waals surface area contributed by atoms with Crippen molar-refractivity contribution in [2.45, 2.75) is 32.0 Å². The number of anilines is 1. The summed E-state index contributed by atoms with van der Waals surface area (Å²) in [6, 6.07) is 7.71. The molecule has 2 heterocycles. The van der Waals surface area contributed by atoms with E-state index >= 15 is 0 Å². The normalized spacial score (nSPS) is 24.3. The van der Waals surface area contributed by atoms with Crippen LogP contribution >= 0.6 is 0 Å². The summed E-state index contributed by atoms with van der Waals surface area (Å²) in [5, 5.41) is 3.47. The predicted octanol–water partition coefficient (Wildman–Crippen LogP) is 1.57. The number of piperazine rings is 1. The smallest absolute Gasteiger partial charge is 0.0416 e. The molecule has 1 N–H and O–H groups in total. The molecule has 0 atom stereocenters. The van der Waals surface area contributed by atoms with Gasteiger partial charge in [-0.3, -0.25) is 4.90 Å². The predicted molar refractivity (Wildman–Crippen MR) is 73.8 cm³/mol. The van der Waals surface area contributed by atoms with Gasteiger partial charge in [-0.2, -0.15) is 0 Å². The standard InChI is InChI=1S/C15H21N3/c1-2-12-10-16-11-14(12)15(3-1)18-8-6-17(7-9-18)13-4-5-13/h1-3,13,16H,4-11H2. The Morgan fingerprint density at radius 1 is 1.00 bits per heavy atom. The van der Waals surface area contributed by atoms with Crippen molar-refractivity contribution >= 4 is 5.69 Å². The van der Waals surface area contributed by atoms with E-state index in [0.29, 0.717) is 0 Å². The molecule has 2 fully saturated rings. The maximum atomic E-state index is 3.47. The first-order valence-corrected chi connectivity index (χ1v) is 7.22.